The van der Waals surface area contributed by atoms with Crippen molar-refractivity contribution in [2.45, 2.75) is 26.7 Å². The summed E-state index contributed by atoms with van der Waals surface area (Å²) in [6, 6.07) is 6.35. The molecule has 0 atom stereocenters. The molecule has 0 aliphatic heterocycles. The third kappa shape index (κ3) is 3.87. The Kier molecular flexibility index (Phi) is 4.84. The number of carbonyl (C=O) groups is 1. The van der Waals surface area contributed by atoms with Gasteiger partial charge in [-0.1, -0.05) is 18.2 Å². The molecule has 1 aromatic carbocycles. The SMILES string of the molecule is Cc1nc(C)c(CCNC(=O)Cc2ccccc2F)s1. The van der Waals surface area contributed by atoms with Gasteiger partial charge in [0.1, 0.15) is 5.82 Å². The minimum Gasteiger partial charge on any atom is -0.355 e. The van der Waals surface area contributed by atoms with Crippen molar-refractivity contribution < 1.29 is 9.18 Å². The zero-order valence-electron chi connectivity index (χ0n) is 11.6. The maximum atomic E-state index is 13.4. The van der Waals surface area contributed by atoms with Gasteiger partial charge in [-0.25, -0.2) is 9.37 Å². The number of carbonyl (C=O) groups excluding carboxylic acids is 1. The van der Waals surface area contributed by atoms with Gasteiger partial charge in [0.15, 0.2) is 0 Å². The molecule has 0 saturated heterocycles. The molecule has 0 aliphatic carbocycles. The van der Waals surface area contributed by atoms with Crippen molar-refractivity contribution >= 4 is 17.2 Å². The van der Waals surface area contributed by atoms with E-state index in [2.05, 4.69) is 10.3 Å². The first-order valence-electron chi connectivity index (χ1n) is 6.49. The number of amides is 1. The highest BCUT2D eigenvalue weighted by atomic mass is 32.1. The molecule has 1 heterocycles. The molecule has 106 valence electrons. The first-order valence-corrected chi connectivity index (χ1v) is 7.31. The molecular formula is C15H17FN2OS. The van der Waals surface area contributed by atoms with E-state index in [1.807, 2.05) is 13.8 Å². The van der Waals surface area contributed by atoms with Crippen LogP contribution in [0.4, 0.5) is 4.39 Å². The molecule has 0 spiro atoms. The van der Waals surface area contributed by atoms with E-state index in [0.717, 1.165) is 17.1 Å². The summed E-state index contributed by atoms with van der Waals surface area (Å²) in [5.41, 5.74) is 1.45. The molecule has 1 amide bonds. The Bertz CT molecular complexity index is 610. The van der Waals surface area contributed by atoms with Crippen LogP contribution in [0.2, 0.25) is 0 Å². The topological polar surface area (TPSA) is 42.0 Å². The molecule has 3 nitrogen and oxygen atoms in total. The van der Waals surface area contributed by atoms with Crippen LogP contribution in [0.5, 0.6) is 0 Å². The molecule has 0 bridgehead atoms. The summed E-state index contributed by atoms with van der Waals surface area (Å²) in [5.74, 6) is -0.495. The lowest BCUT2D eigenvalue weighted by atomic mass is 10.1. The van der Waals surface area contributed by atoms with Crippen LogP contribution in [0.1, 0.15) is 21.1 Å². The number of thiazole rings is 1. The molecule has 1 aromatic heterocycles. The average molecular weight is 292 g/mol. The highest BCUT2D eigenvalue weighted by Crippen LogP contribution is 2.17. The number of nitrogens with one attached hydrogen (secondary N) is 1. The predicted octanol–water partition coefficient (Wildman–Crippen LogP) is 2.80. The minimum atomic E-state index is -0.337. The van der Waals surface area contributed by atoms with Crippen molar-refractivity contribution in [2.75, 3.05) is 6.54 Å². The number of hydrogen-bond donors (Lipinski definition) is 1. The molecule has 0 saturated carbocycles. The van der Waals surface area contributed by atoms with Gasteiger partial charge < -0.3 is 5.32 Å². The lowest BCUT2D eigenvalue weighted by molar-refractivity contribution is -0.120. The van der Waals surface area contributed by atoms with Crippen LogP contribution in [-0.4, -0.2) is 17.4 Å². The van der Waals surface area contributed by atoms with Crippen molar-refractivity contribution in [3.8, 4) is 0 Å². The van der Waals surface area contributed by atoms with E-state index in [1.54, 1.807) is 29.5 Å². The minimum absolute atomic E-state index is 0.0768. The third-order valence-corrected chi connectivity index (χ3v) is 4.12. The first-order chi connectivity index (χ1) is 9.56. The lowest BCUT2D eigenvalue weighted by Crippen LogP contribution is -2.27. The summed E-state index contributed by atoms with van der Waals surface area (Å²) < 4.78 is 13.4. The average Bonchev–Trinajstić information content (AvgIpc) is 2.71. The zero-order chi connectivity index (χ0) is 14.5. The van der Waals surface area contributed by atoms with Crippen molar-refractivity contribution in [3.63, 3.8) is 0 Å². The number of hydrogen-bond acceptors (Lipinski definition) is 3. The van der Waals surface area contributed by atoms with E-state index in [4.69, 9.17) is 0 Å². The number of rotatable bonds is 5. The molecule has 0 fully saturated rings. The number of aromatic nitrogens is 1. The van der Waals surface area contributed by atoms with E-state index in [1.165, 1.54) is 10.9 Å². The van der Waals surface area contributed by atoms with Crippen LogP contribution in [-0.2, 0) is 17.6 Å². The summed E-state index contributed by atoms with van der Waals surface area (Å²) in [7, 11) is 0. The van der Waals surface area contributed by atoms with Crippen LogP contribution in [0.3, 0.4) is 0 Å². The Labute approximate surface area is 121 Å². The molecule has 5 heteroatoms. The summed E-state index contributed by atoms with van der Waals surface area (Å²) >= 11 is 1.65. The highest BCUT2D eigenvalue weighted by Gasteiger charge is 2.08. The second kappa shape index (κ2) is 6.61. The predicted molar refractivity (Wildman–Crippen MR) is 78.4 cm³/mol. The zero-order valence-corrected chi connectivity index (χ0v) is 12.4. The van der Waals surface area contributed by atoms with Crippen LogP contribution >= 0.6 is 11.3 Å². The van der Waals surface area contributed by atoms with Crippen molar-refractivity contribution in [1.82, 2.24) is 10.3 Å². The smallest absolute Gasteiger partial charge is 0.224 e. The van der Waals surface area contributed by atoms with E-state index in [0.29, 0.717) is 12.1 Å². The fourth-order valence-corrected chi connectivity index (χ4v) is 2.93. The van der Waals surface area contributed by atoms with Crippen LogP contribution in [0.15, 0.2) is 24.3 Å². The van der Waals surface area contributed by atoms with E-state index < -0.39 is 0 Å². The maximum Gasteiger partial charge on any atom is 0.224 e. The Hall–Kier alpha value is -1.75. The van der Waals surface area contributed by atoms with Gasteiger partial charge in [0.25, 0.3) is 0 Å². The quantitative estimate of drug-likeness (QED) is 0.920. The largest absolute Gasteiger partial charge is 0.355 e. The first kappa shape index (κ1) is 14.7. The van der Waals surface area contributed by atoms with Crippen molar-refractivity contribution in [1.29, 1.82) is 0 Å². The van der Waals surface area contributed by atoms with Gasteiger partial charge in [0.2, 0.25) is 5.91 Å². The Balaban J connectivity index is 1.81. The second-order valence-corrected chi connectivity index (χ2v) is 5.90. The van der Waals surface area contributed by atoms with Gasteiger partial charge in [-0.15, -0.1) is 11.3 Å². The normalized spacial score (nSPS) is 10.6. The van der Waals surface area contributed by atoms with Crippen molar-refractivity contribution in [2.24, 2.45) is 0 Å². The number of benzene rings is 1. The molecule has 0 radical (unpaired) electrons. The molecular weight excluding hydrogens is 275 g/mol. The fourth-order valence-electron chi connectivity index (χ4n) is 2.00. The number of nitrogens with zero attached hydrogens (tertiary/aromatic N) is 1. The van der Waals surface area contributed by atoms with E-state index in [9.17, 15) is 9.18 Å². The molecule has 2 aromatic rings. The second-order valence-electron chi connectivity index (χ2n) is 4.61. The standard InChI is InChI=1S/C15H17FN2OS/c1-10-14(20-11(2)18-10)7-8-17-15(19)9-12-5-3-4-6-13(12)16/h3-6H,7-9H2,1-2H3,(H,17,19). The molecule has 0 unspecified atom stereocenters. The van der Waals surface area contributed by atoms with Crippen molar-refractivity contribution in [3.05, 3.63) is 51.2 Å². The molecule has 1 N–H and O–H groups in total. The molecule has 2 rings (SSSR count). The Morgan fingerprint density at radius 1 is 1.35 bits per heavy atom. The summed E-state index contributed by atoms with van der Waals surface area (Å²) in [4.78, 5) is 17.3. The lowest BCUT2D eigenvalue weighted by Gasteiger charge is -2.05. The van der Waals surface area contributed by atoms with Gasteiger partial charge in [-0.2, -0.15) is 0 Å². The Morgan fingerprint density at radius 3 is 2.75 bits per heavy atom. The number of halogens is 1. The van der Waals surface area contributed by atoms with Gasteiger partial charge in [0, 0.05) is 17.8 Å². The van der Waals surface area contributed by atoms with Gasteiger partial charge in [-0.05, 0) is 25.5 Å². The summed E-state index contributed by atoms with van der Waals surface area (Å²) in [6.45, 7) is 4.49. The third-order valence-electron chi connectivity index (χ3n) is 2.98. The van der Waals surface area contributed by atoms with Crippen LogP contribution < -0.4 is 5.32 Å². The highest BCUT2D eigenvalue weighted by molar-refractivity contribution is 7.11. The fraction of sp³-hybridized carbons (Fsp3) is 0.333. The monoisotopic (exact) mass is 292 g/mol. The summed E-state index contributed by atoms with van der Waals surface area (Å²) in [5, 5.41) is 3.85. The van der Waals surface area contributed by atoms with Gasteiger partial charge in [-0.3, -0.25) is 4.79 Å². The number of aryl methyl sites for hydroxylation is 2. The molecule has 0 aliphatic rings. The van der Waals surface area contributed by atoms with Crippen LogP contribution in [0.25, 0.3) is 0 Å². The molecule has 20 heavy (non-hydrogen) atoms. The van der Waals surface area contributed by atoms with Crippen LogP contribution in [0, 0.1) is 19.7 Å². The van der Waals surface area contributed by atoms with Gasteiger partial charge in [0.05, 0.1) is 17.1 Å². The van der Waals surface area contributed by atoms with Gasteiger partial charge >= 0.3 is 0 Å². The Morgan fingerprint density at radius 2 is 2.10 bits per heavy atom. The van der Waals surface area contributed by atoms with E-state index >= 15 is 0 Å². The van der Waals surface area contributed by atoms with E-state index in [-0.39, 0.29) is 18.1 Å². The summed E-state index contributed by atoms with van der Waals surface area (Å²) in [6.07, 6.45) is 0.841. The maximum absolute atomic E-state index is 13.4.